The Morgan fingerprint density at radius 1 is 0.760 bits per heavy atom. The first-order valence-corrected chi connectivity index (χ1v) is 8.46. The van der Waals surface area contributed by atoms with Crippen LogP contribution in [-0.2, 0) is 22.4 Å². The van der Waals surface area contributed by atoms with Gasteiger partial charge in [0.15, 0.2) is 5.11 Å². The number of carbonyl (C=O) groups excluding carboxylic acids is 2. The second-order valence-corrected chi connectivity index (χ2v) is 6.44. The molecule has 0 radical (unpaired) electrons. The average molecular weight is 396 g/mol. The van der Waals surface area contributed by atoms with Gasteiger partial charge in [0.25, 0.3) is 0 Å². The molecule has 5 nitrogen and oxygen atoms in total. The van der Waals surface area contributed by atoms with Crippen LogP contribution < -0.4 is 16.2 Å². The van der Waals surface area contributed by atoms with Crippen molar-refractivity contribution in [2.45, 2.75) is 12.8 Å². The SMILES string of the molecule is O=C(Cc1ccc(Cl)cc1)NNC(=S)NC(=O)Cc1ccc(Cl)cc1. The number of hydrogen-bond donors (Lipinski definition) is 3. The third kappa shape index (κ3) is 7.09. The van der Waals surface area contributed by atoms with Gasteiger partial charge in [-0.05, 0) is 47.6 Å². The van der Waals surface area contributed by atoms with Gasteiger partial charge < -0.3 is 5.32 Å². The van der Waals surface area contributed by atoms with Crippen molar-refractivity contribution in [2.24, 2.45) is 0 Å². The minimum atomic E-state index is -0.299. The first-order chi connectivity index (χ1) is 11.9. The van der Waals surface area contributed by atoms with Crippen molar-refractivity contribution >= 4 is 52.3 Å². The molecule has 0 heterocycles. The van der Waals surface area contributed by atoms with Crippen molar-refractivity contribution in [1.82, 2.24) is 16.2 Å². The quantitative estimate of drug-likeness (QED) is 0.549. The van der Waals surface area contributed by atoms with Crippen LogP contribution in [0.3, 0.4) is 0 Å². The summed E-state index contributed by atoms with van der Waals surface area (Å²) in [5.74, 6) is -0.594. The summed E-state index contributed by atoms with van der Waals surface area (Å²) in [4.78, 5) is 23.7. The van der Waals surface area contributed by atoms with Crippen LogP contribution in [0.15, 0.2) is 48.5 Å². The normalized spacial score (nSPS) is 10.0. The highest BCUT2D eigenvalue weighted by Crippen LogP contribution is 2.10. The minimum absolute atomic E-state index is 0.0171. The van der Waals surface area contributed by atoms with E-state index in [1.54, 1.807) is 48.5 Å². The van der Waals surface area contributed by atoms with E-state index in [0.717, 1.165) is 11.1 Å². The van der Waals surface area contributed by atoms with E-state index in [0.29, 0.717) is 10.0 Å². The molecule has 2 rings (SSSR count). The lowest BCUT2D eigenvalue weighted by atomic mass is 10.1. The number of benzene rings is 2. The number of hydrazine groups is 1. The van der Waals surface area contributed by atoms with Crippen LogP contribution in [0.4, 0.5) is 0 Å². The third-order valence-electron chi connectivity index (χ3n) is 3.12. The van der Waals surface area contributed by atoms with Crippen molar-refractivity contribution in [1.29, 1.82) is 0 Å². The molecule has 0 saturated carbocycles. The summed E-state index contributed by atoms with van der Waals surface area (Å²) in [6.07, 6.45) is 0.309. The van der Waals surface area contributed by atoms with Crippen LogP contribution in [0.2, 0.25) is 10.0 Å². The Kier molecular flexibility index (Phi) is 7.18. The minimum Gasteiger partial charge on any atom is -0.302 e. The maximum Gasteiger partial charge on any atom is 0.242 e. The smallest absolute Gasteiger partial charge is 0.242 e. The summed E-state index contributed by atoms with van der Waals surface area (Å²) in [5.41, 5.74) is 6.53. The van der Waals surface area contributed by atoms with E-state index in [4.69, 9.17) is 35.4 Å². The molecule has 3 N–H and O–H groups in total. The zero-order valence-corrected chi connectivity index (χ0v) is 15.3. The molecule has 2 aromatic rings. The van der Waals surface area contributed by atoms with Crippen LogP contribution in [0, 0.1) is 0 Å². The highest BCUT2D eigenvalue weighted by atomic mass is 35.5. The summed E-state index contributed by atoms with van der Waals surface area (Å²) >= 11 is 16.6. The number of amides is 2. The van der Waals surface area contributed by atoms with Gasteiger partial charge in [0.1, 0.15) is 0 Å². The van der Waals surface area contributed by atoms with Gasteiger partial charge in [0.05, 0.1) is 12.8 Å². The zero-order valence-electron chi connectivity index (χ0n) is 13.0. The van der Waals surface area contributed by atoms with E-state index in [1.807, 2.05) is 0 Å². The summed E-state index contributed by atoms with van der Waals surface area (Å²) in [7, 11) is 0. The number of hydrogen-bond acceptors (Lipinski definition) is 3. The molecule has 0 saturated heterocycles. The fourth-order valence-corrected chi connectivity index (χ4v) is 2.36. The van der Waals surface area contributed by atoms with Crippen molar-refractivity contribution < 1.29 is 9.59 Å². The lowest BCUT2D eigenvalue weighted by Crippen LogP contribution is -2.49. The Labute approximate surface area is 160 Å². The van der Waals surface area contributed by atoms with Gasteiger partial charge in [-0.3, -0.25) is 20.4 Å². The van der Waals surface area contributed by atoms with Crippen molar-refractivity contribution in [2.75, 3.05) is 0 Å². The standard InChI is InChI=1S/C17H15Cl2N3O2S/c18-13-5-1-11(2-6-13)9-15(23)20-17(25)22-21-16(24)10-12-3-7-14(19)8-4-12/h1-8H,9-10H2,(H,21,24)(H2,20,22,23,25). The molecular formula is C17H15Cl2N3O2S. The van der Waals surface area contributed by atoms with Crippen molar-refractivity contribution in [3.63, 3.8) is 0 Å². The van der Waals surface area contributed by atoms with Gasteiger partial charge in [-0.1, -0.05) is 47.5 Å². The summed E-state index contributed by atoms with van der Waals surface area (Å²) in [6.45, 7) is 0. The van der Waals surface area contributed by atoms with Gasteiger partial charge >= 0.3 is 0 Å². The predicted octanol–water partition coefficient (Wildman–Crippen LogP) is 2.80. The molecule has 25 heavy (non-hydrogen) atoms. The molecule has 2 aromatic carbocycles. The fourth-order valence-electron chi connectivity index (χ4n) is 1.95. The number of carbonyl (C=O) groups is 2. The van der Waals surface area contributed by atoms with Crippen LogP contribution >= 0.6 is 35.4 Å². The molecule has 0 aliphatic carbocycles. The highest BCUT2D eigenvalue weighted by molar-refractivity contribution is 7.80. The van der Waals surface area contributed by atoms with Crippen molar-refractivity contribution in [3.05, 3.63) is 69.7 Å². The fraction of sp³-hybridized carbons (Fsp3) is 0.118. The molecule has 0 spiro atoms. The summed E-state index contributed by atoms with van der Waals surface area (Å²) < 4.78 is 0. The molecule has 0 bridgehead atoms. The van der Waals surface area contributed by atoms with Gasteiger partial charge in [-0.25, -0.2) is 0 Å². The molecule has 0 aliphatic heterocycles. The van der Waals surface area contributed by atoms with Crippen LogP contribution in [0.1, 0.15) is 11.1 Å². The van der Waals surface area contributed by atoms with Crippen LogP contribution in [0.5, 0.6) is 0 Å². The molecule has 0 atom stereocenters. The van der Waals surface area contributed by atoms with Gasteiger partial charge in [0.2, 0.25) is 11.8 Å². The van der Waals surface area contributed by atoms with E-state index in [1.165, 1.54) is 0 Å². The van der Waals surface area contributed by atoms with E-state index >= 15 is 0 Å². The number of thiocarbonyl (C=S) groups is 1. The molecule has 0 aromatic heterocycles. The Bertz CT molecular complexity index is 764. The first kappa shape index (κ1) is 19.2. The summed E-state index contributed by atoms with van der Waals surface area (Å²) in [5, 5.41) is 3.71. The maximum atomic E-state index is 11.9. The second-order valence-electron chi connectivity index (χ2n) is 5.16. The van der Waals surface area contributed by atoms with E-state index < -0.39 is 0 Å². The summed E-state index contributed by atoms with van der Waals surface area (Å²) in [6, 6.07) is 13.9. The number of nitrogens with one attached hydrogen (secondary N) is 3. The Balaban J connectivity index is 1.72. The molecular weight excluding hydrogens is 381 g/mol. The maximum absolute atomic E-state index is 11.9. The van der Waals surface area contributed by atoms with Crippen LogP contribution in [-0.4, -0.2) is 16.9 Å². The number of halogens is 2. The zero-order chi connectivity index (χ0) is 18.2. The third-order valence-corrected chi connectivity index (χ3v) is 3.83. The number of rotatable bonds is 4. The average Bonchev–Trinajstić information content (AvgIpc) is 2.57. The largest absolute Gasteiger partial charge is 0.302 e. The first-order valence-electron chi connectivity index (χ1n) is 7.30. The van der Waals surface area contributed by atoms with Gasteiger partial charge in [0, 0.05) is 10.0 Å². The van der Waals surface area contributed by atoms with E-state index in [9.17, 15) is 9.59 Å². The van der Waals surface area contributed by atoms with E-state index in [-0.39, 0.29) is 29.8 Å². The van der Waals surface area contributed by atoms with Crippen molar-refractivity contribution in [3.8, 4) is 0 Å². The van der Waals surface area contributed by atoms with E-state index in [2.05, 4.69) is 16.2 Å². The topological polar surface area (TPSA) is 70.2 Å². The molecule has 0 aliphatic rings. The monoisotopic (exact) mass is 395 g/mol. The lowest BCUT2D eigenvalue weighted by Gasteiger charge is -2.11. The van der Waals surface area contributed by atoms with Crippen LogP contribution in [0.25, 0.3) is 0 Å². The predicted molar refractivity (Wildman–Crippen MR) is 102 cm³/mol. The molecule has 8 heteroatoms. The Morgan fingerprint density at radius 2 is 1.20 bits per heavy atom. The van der Waals surface area contributed by atoms with Gasteiger partial charge in [-0.2, -0.15) is 0 Å². The Morgan fingerprint density at radius 3 is 1.68 bits per heavy atom. The lowest BCUT2D eigenvalue weighted by molar-refractivity contribution is -0.121. The highest BCUT2D eigenvalue weighted by Gasteiger charge is 2.08. The molecule has 2 amide bonds. The Hall–Kier alpha value is -2.15. The molecule has 0 fully saturated rings. The molecule has 130 valence electrons. The second kappa shape index (κ2) is 9.36. The molecule has 0 unspecified atom stereocenters. The van der Waals surface area contributed by atoms with Gasteiger partial charge in [-0.15, -0.1) is 0 Å².